The molecule has 0 spiro atoms. The summed E-state index contributed by atoms with van der Waals surface area (Å²) in [5, 5.41) is 61.8. The summed E-state index contributed by atoms with van der Waals surface area (Å²) < 4.78 is 13.4. The van der Waals surface area contributed by atoms with Gasteiger partial charge in [-0.2, -0.15) is 0 Å². The quantitative estimate of drug-likeness (QED) is 0.0973. The second-order valence-electron chi connectivity index (χ2n) is 12.6. The predicted octanol–water partition coefficient (Wildman–Crippen LogP) is 8.62. The van der Waals surface area contributed by atoms with E-state index >= 15 is 0 Å². The van der Waals surface area contributed by atoms with E-state index in [0.717, 1.165) is 38.9 Å². The molecule has 8 rings (SSSR count). The molecule has 6 N–H and O–H groups in total. The Morgan fingerprint density at radius 3 is 1.54 bits per heavy atom. The number of phenolic OH excluding ortho intramolecular Hbond substituents is 6. The second kappa shape index (κ2) is 12.2. The first-order chi connectivity index (χ1) is 24.2. The van der Waals surface area contributed by atoms with Crippen molar-refractivity contribution in [3.05, 3.63) is 166 Å². The lowest BCUT2D eigenvalue weighted by Crippen LogP contribution is -2.16. The molecule has 2 aliphatic heterocycles. The van der Waals surface area contributed by atoms with Gasteiger partial charge >= 0.3 is 0 Å². The molecule has 2 aliphatic rings. The summed E-state index contributed by atoms with van der Waals surface area (Å²) in [5.74, 6) is 0.544. The number of ether oxygens (including phenoxy) is 2. The molecule has 2 heterocycles. The number of phenols is 6. The standard InChI is InChI=1S/C42H32O8/c43-28-12-6-25(7-13-28)38-39-34(21-33(48)22-36(39)50-41(38)26-8-14-29(44)15-9-26)40-37-24(5-4-23-18-31(46)20-32(47)19-23)2-1-3-35(37)49-42(40)27-10-16-30(45)17-11-27/h1-22,38,40-48H/b5-4+/t38-,40-,41+,42+/m0/s1. The van der Waals surface area contributed by atoms with E-state index in [-0.39, 0.29) is 40.4 Å². The molecule has 50 heavy (non-hydrogen) atoms. The molecular formula is C42H32O8. The summed E-state index contributed by atoms with van der Waals surface area (Å²) in [5.41, 5.74) is 6.40. The van der Waals surface area contributed by atoms with Gasteiger partial charge < -0.3 is 40.1 Å². The van der Waals surface area contributed by atoms with Crippen LogP contribution in [0.1, 0.15) is 68.6 Å². The number of fused-ring (bicyclic) bond motifs is 2. The minimum atomic E-state index is -0.566. The SMILES string of the molecule is Oc1ccc([C@H]2c3c(cc(O)cc3[C@H]3c4c(/C=C/c5cc(O)cc(O)c5)cccc4O[C@@H]3c3ccc(O)cc3)O[C@@H]2c2ccc(O)cc2)cc1. The van der Waals surface area contributed by atoms with Crippen molar-refractivity contribution in [1.82, 2.24) is 0 Å². The third kappa shape index (κ3) is 5.56. The van der Waals surface area contributed by atoms with Gasteiger partial charge in [-0.25, -0.2) is 0 Å². The van der Waals surface area contributed by atoms with Crippen LogP contribution in [0.5, 0.6) is 46.0 Å². The lowest BCUT2D eigenvalue weighted by molar-refractivity contribution is 0.220. The van der Waals surface area contributed by atoms with E-state index in [1.165, 1.54) is 6.07 Å². The van der Waals surface area contributed by atoms with Crippen molar-refractivity contribution in [1.29, 1.82) is 0 Å². The zero-order valence-electron chi connectivity index (χ0n) is 26.5. The molecule has 4 atom stereocenters. The van der Waals surface area contributed by atoms with E-state index < -0.39 is 18.1 Å². The van der Waals surface area contributed by atoms with Crippen LogP contribution in [-0.2, 0) is 0 Å². The van der Waals surface area contributed by atoms with E-state index in [2.05, 4.69) is 0 Å². The maximum atomic E-state index is 11.3. The van der Waals surface area contributed by atoms with Gasteiger partial charge in [0.2, 0.25) is 0 Å². The monoisotopic (exact) mass is 664 g/mol. The topological polar surface area (TPSA) is 140 Å². The van der Waals surface area contributed by atoms with Gasteiger partial charge in [-0.3, -0.25) is 0 Å². The van der Waals surface area contributed by atoms with Crippen molar-refractivity contribution >= 4 is 12.2 Å². The van der Waals surface area contributed by atoms with Crippen molar-refractivity contribution in [3.8, 4) is 46.0 Å². The third-order valence-corrected chi connectivity index (χ3v) is 9.40. The molecule has 8 nitrogen and oxygen atoms in total. The van der Waals surface area contributed by atoms with Crippen LogP contribution >= 0.6 is 0 Å². The summed E-state index contributed by atoms with van der Waals surface area (Å²) in [6.45, 7) is 0. The van der Waals surface area contributed by atoms with Gasteiger partial charge in [0, 0.05) is 23.3 Å². The minimum Gasteiger partial charge on any atom is -0.508 e. The molecule has 0 saturated carbocycles. The van der Waals surface area contributed by atoms with Crippen LogP contribution in [0.4, 0.5) is 0 Å². The minimum absolute atomic E-state index is 0.00993. The highest BCUT2D eigenvalue weighted by atomic mass is 16.5. The first-order valence-electron chi connectivity index (χ1n) is 16.1. The van der Waals surface area contributed by atoms with Gasteiger partial charge in [0.1, 0.15) is 58.2 Å². The van der Waals surface area contributed by atoms with Gasteiger partial charge in [-0.05, 0) is 94.0 Å². The average molecular weight is 665 g/mol. The number of benzene rings is 6. The molecule has 6 aromatic carbocycles. The lowest BCUT2D eigenvalue weighted by atomic mass is 9.75. The normalized spacial score (nSPS) is 19.1. The second-order valence-corrected chi connectivity index (χ2v) is 12.6. The van der Waals surface area contributed by atoms with Gasteiger partial charge in [0.15, 0.2) is 0 Å². The van der Waals surface area contributed by atoms with Gasteiger partial charge in [0.05, 0.1) is 11.8 Å². The van der Waals surface area contributed by atoms with E-state index in [4.69, 9.17) is 9.47 Å². The number of rotatable bonds is 6. The third-order valence-electron chi connectivity index (χ3n) is 9.40. The highest BCUT2D eigenvalue weighted by molar-refractivity contribution is 5.76. The zero-order valence-corrected chi connectivity index (χ0v) is 26.5. The van der Waals surface area contributed by atoms with Crippen LogP contribution in [0.3, 0.4) is 0 Å². The maximum absolute atomic E-state index is 11.3. The summed E-state index contributed by atoms with van der Waals surface area (Å²) >= 11 is 0. The largest absolute Gasteiger partial charge is 0.508 e. The molecule has 248 valence electrons. The number of aromatic hydroxyl groups is 6. The highest BCUT2D eigenvalue weighted by Crippen LogP contribution is 2.59. The Balaban J connectivity index is 1.35. The Morgan fingerprint density at radius 2 is 0.940 bits per heavy atom. The Kier molecular flexibility index (Phi) is 7.49. The van der Waals surface area contributed by atoms with Crippen LogP contribution in [0.15, 0.2) is 121 Å². The van der Waals surface area contributed by atoms with Crippen LogP contribution in [0, 0.1) is 0 Å². The van der Waals surface area contributed by atoms with Gasteiger partial charge in [-0.15, -0.1) is 0 Å². The maximum Gasteiger partial charge on any atom is 0.135 e. The summed E-state index contributed by atoms with van der Waals surface area (Å²) in [4.78, 5) is 0. The Bertz CT molecular complexity index is 2220. The molecule has 0 aliphatic carbocycles. The average Bonchev–Trinajstić information content (AvgIpc) is 3.67. The summed E-state index contributed by atoms with van der Waals surface area (Å²) in [7, 11) is 0. The van der Waals surface area contributed by atoms with Crippen LogP contribution in [-0.4, -0.2) is 30.6 Å². The lowest BCUT2D eigenvalue weighted by Gasteiger charge is -2.26. The first-order valence-corrected chi connectivity index (χ1v) is 16.1. The predicted molar refractivity (Wildman–Crippen MR) is 188 cm³/mol. The summed E-state index contributed by atoms with van der Waals surface area (Å²) in [6, 6.07) is 34.2. The molecule has 0 unspecified atom stereocenters. The van der Waals surface area contributed by atoms with E-state index in [1.54, 1.807) is 66.7 Å². The molecule has 0 fully saturated rings. The first kappa shape index (κ1) is 30.8. The van der Waals surface area contributed by atoms with Crippen molar-refractivity contribution in [2.75, 3.05) is 0 Å². The summed E-state index contributed by atoms with van der Waals surface area (Å²) in [6.07, 6.45) is 2.61. The molecule has 0 aromatic heterocycles. The van der Waals surface area contributed by atoms with E-state index in [9.17, 15) is 30.6 Å². The number of hydrogen-bond acceptors (Lipinski definition) is 8. The van der Waals surface area contributed by atoms with Crippen LogP contribution in [0.2, 0.25) is 0 Å². The fourth-order valence-corrected chi connectivity index (χ4v) is 7.27. The Labute approximate surface area is 287 Å². The molecule has 0 radical (unpaired) electrons. The Morgan fingerprint density at radius 1 is 0.420 bits per heavy atom. The molecule has 0 bridgehead atoms. The molecule has 6 aromatic rings. The smallest absolute Gasteiger partial charge is 0.135 e. The molecule has 0 amide bonds. The number of hydrogen-bond donors (Lipinski definition) is 6. The molecular weight excluding hydrogens is 632 g/mol. The van der Waals surface area contributed by atoms with Crippen LogP contribution in [0.25, 0.3) is 12.2 Å². The van der Waals surface area contributed by atoms with Gasteiger partial charge in [0.25, 0.3) is 0 Å². The van der Waals surface area contributed by atoms with Crippen molar-refractivity contribution in [2.45, 2.75) is 24.0 Å². The van der Waals surface area contributed by atoms with Crippen molar-refractivity contribution in [2.24, 2.45) is 0 Å². The molecule has 0 saturated heterocycles. The zero-order chi connectivity index (χ0) is 34.5. The highest BCUT2D eigenvalue weighted by Gasteiger charge is 2.45. The fourth-order valence-electron chi connectivity index (χ4n) is 7.27. The van der Waals surface area contributed by atoms with E-state index in [0.29, 0.717) is 17.1 Å². The fraction of sp³-hybridized carbons (Fsp3) is 0.0952. The van der Waals surface area contributed by atoms with Crippen LogP contribution < -0.4 is 9.47 Å². The van der Waals surface area contributed by atoms with Crippen molar-refractivity contribution < 1.29 is 40.1 Å². The van der Waals surface area contributed by atoms with E-state index in [1.807, 2.05) is 60.7 Å². The van der Waals surface area contributed by atoms with Crippen molar-refractivity contribution in [3.63, 3.8) is 0 Å². The molecule has 8 heteroatoms. The van der Waals surface area contributed by atoms with Gasteiger partial charge in [-0.1, -0.05) is 60.7 Å². The Hall–Kier alpha value is -6.54.